The Labute approximate surface area is 137 Å². The Morgan fingerprint density at radius 1 is 1.13 bits per heavy atom. The van der Waals surface area contributed by atoms with Crippen LogP contribution in [-0.2, 0) is 0 Å². The van der Waals surface area contributed by atoms with E-state index in [1.165, 1.54) is 6.42 Å². The third-order valence-electron chi connectivity index (χ3n) is 4.99. The van der Waals surface area contributed by atoms with Crippen LogP contribution >= 0.6 is 0 Å². The maximum atomic E-state index is 12.5. The van der Waals surface area contributed by atoms with Gasteiger partial charge in [-0.3, -0.25) is 0 Å². The van der Waals surface area contributed by atoms with Crippen LogP contribution in [0.4, 0.5) is 10.5 Å². The molecular weight excluding hydrogens is 294 g/mol. The van der Waals surface area contributed by atoms with E-state index < -0.39 is 0 Å². The van der Waals surface area contributed by atoms with Crippen LogP contribution in [-0.4, -0.2) is 63.3 Å². The number of benzene rings is 1. The molecule has 2 amide bonds. The van der Waals surface area contributed by atoms with Crippen LogP contribution in [0.25, 0.3) is 0 Å². The molecule has 0 saturated carbocycles. The summed E-state index contributed by atoms with van der Waals surface area (Å²) in [5.41, 5.74) is 1.01. The fraction of sp³-hybridized carbons (Fsp3) is 0.588. The van der Waals surface area contributed by atoms with Gasteiger partial charge in [0, 0.05) is 36.8 Å². The molecule has 0 bridgehead atoms. The number of likely N-dealkylation sites (tertiary alicyclic amines) is 2. The Morgan fingerprint density at radius 3 is 2.52 bits per heavy atom. The number of anilines is 1. The highest BCUT2D eigenvalue weighted by Crippen LogP contribution is 2.39. The lowest BCUT2D eigenvalue weighted by molar-refractivity contribution is 0.212. The molecule has 1 spiro atoms. The van der Waals surface area contributed by atoms with Crippen molar-refractivity contribution in [2.45, 2.75) is 12.8 Å². The summed E-state index contributed by atoms with van der Waals surface area (Å²) in [6, 6.07) is 5.37. The zero-order valence-electron chi connectivity index (χ0n) is 14.1. The number of nitrogens with zero attached hydrogens (tertiary/aromatic N) is 2. The number of urea groups is 1. The smallest absolute Gasteiger partial charge is 0.321 e. The topological polar surface area (TPSA) is 54.0 Å². The normalized spacial score (nSPS) is 24.2. The van der Waals surface area contributed by atoms with Crippen molar-refractivity contribution >= 4 is 11.7 Å². The van der Waals surface area contributed by atoms with Crippen LogP contribution in [0.1, 0.15) is 12.8 Å². The second kappa shape index (κ2) is 6.28. The average Bonchev–Trinajstić information content (AvgIpc) is 3.13. The van der Waals surface area contributed by atoms with Gasteiger partial charge in [-0.15, -0.1) is 0 Å². The van der Waals surface area contributed by atoms with Gasteiger partial charge in [-0.05, 0) is 38.6 Å². The van der Waals surface area contributed by atoms with Crippen molar-refractivity contribution in [2.24, 2.45) is 5.41 Å². The third-order valence-corrected chi connectivity index (χ3v) is 4.99. The molecule has 3 rings (SSSR count). The molecule has 2 heterocycles. The number of nitrogens with one attached hydrogen (secondary N) is 1. The van der Waals surface area contributed by atoms with Gasteiger partial charge in [0.15, 0.2) is 11.5 Å². The van der Waals surface area contributed by atoms with Crippen molar-refractivity contribution < 1.29 is 14.3 Å². The molecule has 1 unspecified atom stereocenters. The zero-order chi connectivity index (χ0) is 16.4. The fourth-order valence-corrected chi connectivity index (χ4v) is 3.72. The summed E-state index contributed by atoms with van der Waals surface area (Å²) >= 11 is 0. The highest BCUT2D eigenvalue weighted by molar-refractivity contribution is 5.90. The van der Waals surface area contributed by atoms with Gasteiger partial charge < -0.3 is 24.6 Å². The summed E-state index contributed by atoms with van der Waals surface area (Å²) in [6.07, 6.45) is 2.28. The second-order valence-electron chi connectivity index (χ2n) is 6.66. The number of ether oxygens (including phenoxy) is 2. The van der Waals surface area contributed by atoms with Crippen LogP contribution in [0.5, 0.6) is 11.5 Å². The molecule has 6 nitrogen and oxygen atoms in total. The molecule has 6 heteroatoms. The first-order valence-electron chi connectivity index (χ1n) is 8.02. The zero-order valence-corrected chi connectivity index (χ0v) is 14.1. The minimum absolute atomic E-state index is 0.0383. The minimum atomic E-state index is -0.0383. The van der Waals surface area contributed by atoms with E-state index in [-0.39, 0.29) is 6.03 Å². The van der Waals surface area contributed by atoms with Gasteiger partial charge in [0.05, 0.1) is 14.2 Å². The lowest BCUT2D eigenvalue weighted by Crippen LogP contribution is -2.36. The van der Waals surface area contributed by atoms with E-state index in [0.717, 1.165) is 38.3 Å². The Morgan fingerprint density at radius 2 is 1.87 bits per heavy atom. The van der Waals surface area contributed by atoms with Crippen molar-refractivity contribution in [3.05, 3.63) is 18.2 Å². The highest BCUT2D eigenvalue weighted by Gasteiger charge is 2.43. The van der Waals surface area contributed by atoms with Crippen molar-refractivity contribution in [3.63, 3.8) is 0 Å². The van der Waals surface area contributed by atoms with Crippen molar-refractivity contribution in [1.29, 1.82) is 0 Å². The monoisotopic (exact) mass is 319 g/mol. The van der Waals surface area contributed by atoms with Crippen molar-refractivity contribution in [3.8, 4) is 11.5 Å². The molecule has 2 saturated heterocycles. The SMILES string of the molecule is COc1ccc(NC(=O)N2CCC3(CCN(C)C3)C2)cc1OC. The van der Waals surface area contributed by atoms with Crippen molar-refractivity contribution in [1.82, 2.24) is 9.80 Å². The van der Waals surface area contributed by atoms with Gasteiger partial charge in [0.2, 0.25) is 0 Å². The first kappa shape index (κ1) is 15.9. The maximum absolute atomic E-state index is 12.5. The quantitative estimate of drug-likeness (QED) is 0.928. The van der Waals surface area contributed by atoms with E-state index in [9.17, 15) is 4.79 Å². The first-order chi connectivity index (χ1) is 11.0. The standard InChI is InChI=1S/C17H25N3O3/c1-19-8-6-17(11-19)7-9-20(12-17)16(21)18-13-4-5-14(22-2)15(10-13)23-3/h4-5,10H,6-9,11-12H2,1-3H3,(H,18,21). The average molecular weight is 319 g/mol. The van der Waals surface area contributed by atoms with Gasteiger partial charge in [-0.25, -0.2) is 4.79 Å². The molecule has 0 radical (unpaired) electrons. The molecule has 1 aromatic rings. The lowest BCUT2D eigenvalue weighted by Gasteiger charge is -2.24. The van der Waals surface area contributed by atoms with Crippen molar-refractivity contribution in [2.75, 3.05) is 52.8 Å². The molecule has 2 fully saturated rings. The molecule has 0 aliphatic carbocycles. The Balaban J connectivity index is 1.64. The predicted molar refractivity (Wildman–Crippen MR) is 89.3 cm³/mol. The first-order valence-corrected chi connectivity index (χ1v) is 8.02. The third kappa shape index (κ3) is 3.22. The van der Waals surface area contributed by atoms with Gasteiger partial charge >= 0.3 is 6.03 Å². The van der Waals surface area contributed by atoms with Crippen LogP contribution < -0.4 is 14.8 Å². The van der Waals surface area contributed by atoms with Gasteiger partial charge in [0.1, 0.15) is 0 Å². The predicted octanol–water partition coefficient (Wildman–Crippen LogP) is 2.26. The van der Waals surface area contributed by atoms with E-state index >= 15 is 0 Å². The number of amides is 2. The highest BCUT2D eigenvalue weighted by atomic mass is 16.5. The van der Waals surface area contributed by atoms with E-state index in [1.54, 1.807) is 26.4 Å². The fourth-order valence-electron chi connectivity index (χ4n) is 3.72. The number of methoxy groups -OCH3 is 2. The largest absolute Gasteiger partial charge is 0.493 e. The molecule has 1 aromatic carbocycles. The summed E-state index contributed by atoms with van der Waals surface area (Å²) in [7, 11) is 5.34. The minimum Gasteiger partial charge on any atom is -0.493 e. The van der Waals surface area contributed by atoms with Crippen LogP contribution in [0.2, 0.25) is 0 Å². The number of hydrogen-bond acceptors (Lipinski definition) is 4. The molecule has 2 aliphatic heterocycles. The van der Waals surface area contributed by atoms with Gasteiger partial charge in [-0.1, -0.05) is 0 Å². The molecule has 1 atom stereocenters. The summed E-state index contributed by atoms with van der Waals surface area (Å²) in [4.78, 5) is 16.8. The Bertz CT molecular complexity index is 592. The van der Waals surface area contributed by atoms with Gasteiger partial charge in [-0.2, -0.15) is 0 Å². The molecular formula is C17H25N3O3. The van der Waals surface area contributed by atoms with E-state index in [0.29, 0.717) is 16.9 Å². The molecule has 2 aliphatic rings. The van der Waals surface area contributed by atoms with Crippen LogP contribution in [0.3, 0.4) is 0 Å². The lowest BCUT2D eigenvalue weighted by atomic mass is 9.86. The Hall–Kier alpha value is -1.95. The molecule has 23 heavy (non-hydrogen) atoms. The van der Waals surface area contributed by atoms with E-state index in [4.69, 9.17) is 9.47 Å². The Kier molecular flexibility index (Phi) is 4.35. The maximum Gasteiger partial charge on any atom is 0.321 e. The number of rotatable bonds is 3. The molecule has 126 valence electrons. The summed E-state index contributed by atoms with van der Waals surface area (Å²) < 4.78 is 10.5. The van der Waals surface area contributed by atoms with E-state index in [1.807, 2.05) is 11.0 Å². The summed E-state index contributed by atoms with van der Waals surface area (Å²) in [6.45, 7) is 3.89. The van der Waals surface area contributed by atoms with Crippen LogP contribution in [0.15, 0.2) is 18.2 Å². The van der Waals surface area contributed by atoms with Gasteiger partial charge in [0.25, 0.3) is 0 Å². The van der Waals surface area contributed by atoms with E-state index in [2.05, 4.69) is 17.3 Å². The second-order valence-corrected chi connectivity index (χ2v) is 6.66. The number of carbonyl (C=O) groups is 1. The number of hydrogen-bond donors (Lipinski definition) is 1. The van der Waals surface area contributed by atoms with Crippen LogP contribution in [0, 0.1) is 5.41 Å². The summed E-state index contributed by atoms with van der Waals surface area (Å²) in [5.74, 6) is 1.26. The number of carbonyl (C=O) groups excluding carboxylic acids is 1. The molecule has 1 N–H and O–H groups in total. The summed E-state index contributed by atoms with van der Waals surface area (Å²) in [5, 5.41) is 2.97. The molecule has 0 aromatic heterocycles.